The standard InChI is InChI=1S/C28H28N2O5/c1-34-22-13-11-21(12-14-22)28(33)30-17-15-23(16-18-30)35-26-10-6-5-9-24(26)27(32)29-19-25(31)20-7-3-2-4-8-20/h2-14,23H,15-19H2,1H3,(H,29,32). The predicted octanol–water partition coefficient (Wildman–Crippen LogP) is 3.99. The number of para-hydroxylation sites is 1. The molecule has 1 heterocycles. The summed E-state index contributed by atoms with van der Waals surface area (Å²) in [5.41, 5.74) is 1.55. The lowest BCUT2D eigenvalue weighted by Crippen LogP contribution is -2.42. The van der Waals surface area contributed by atoms with Crippen molar-refractivity contribution in [3.05, 3.63) is 95.6 Å². The van der Waals surface area contributed by atoms with Gasteiger partial charge < -0.3 is 19.7 Å². The van der Waals surface area contributed by atoms with Gasteiger partial charge in [-0.25, -0.2) is 0 Å². The van der Waals surface area contributed by atoms with Crippen molar-refractivity contribution in [3.8, 4) is 11.5 Å². The highest BCUT2D eigenvalue weighted by molar-refractivity contribution is 6.03. The number of benzene rings is 3. The van der Waals surface area contributed by atoms with Crippen LogP contribution < -0.4 is 14.8 Å². The molecule has 0 spiro atoms. The Kier molecular flexibility index (Phi) is 7.77. The number of nitrogens with one attached hydrogen (secondary N) is 1. The van der Waals surface area contributed by atoms with Crippen LogP contribution in [0.2, 0.25) is 0 Å². The number of likely N-dealkylation sites (tertiary alicyclic amines) is 1. The van der Waals surface area contributed by atoms with E-state index < -0.39 is 0 Å². The first-order valence-corrected chi connectivity index (χ1v) is 11.6. The molecule has 1 aliphatic heterocycles. The molecule has 4 rings (SSSR count). The molecule has 0 saturated carbocycles. The van der Waals surface area contributed by atoms with E-state index >= 15 is 0 Å². The number of ether oxygens (including phenoxy) is 2. The average molecular weight is 473 g/mol. The van der Waals surface area contributed by atoms with Crippen LogP contribution in [0.3, 0.4) is 0 Å². The van der Waals surface area contributed by atoms with E-state index in [0.29, 0.717) is 54.1 Å². The maximum atomic E-state index is 12.8. The van der Waals surface area contributed by atoms with Crippen molar-refractivity contribution >= 4 is 17.6 Å². The van der Waals surface area contributed by atoms with Gasteiger partial charge in [-0.15, -0.1) is 0 Å². The van der Waals surface area contributed by atoms with E-state index in [0.717, 1.165) is 0 Å². The quantitative estimate of drug-likeness (QED) is 0.501. The molecule has 3 aromatic rings. The van der Waals surface area contributed by atoms with Gasteiger partial charge in [0.15, 0.2) is 5.78 Å². The molecule has 7 nitrogen and oxygen atoms in total. The molecule has 3 aromatic carbocycles. The normalized spacial score (nSPS) is 13.7. The summed E-state index contributed by atoms with van der Waals surface area (Å²) in [6, 6.07) is 22.9. The molecule has 0 atom stereocenters. The topological polar surface area (TPSA) is 84.9 Å². The monoisotopic (exact) mass is 472 g/mol. The fourth-order valence-electron chi connectivity index (χ4n) is 4.01. The third-order valence-corrected chi connectivity index (χ3v) is 6.00. The number of piperidine rings is 1. The fourth-order valence-corrected chi connectivity index (χ4v) is 4.01. The Labute approximate surface area is 204 Å². The van der Waals surface area contributed by atoms with Crippen molar-refractivity contribution in [1.29, 1.82) is 0 Å². The van der Waals surface area contributed by atoms with E-state index in [9.17, 15) is 14.4 Å². The number of methoxy groups -OCH3 is 1. The third kappa shape index (κ3) is 6.06. The van der Waals surface area contributed by atoms with Gasteiger partial charge in [0.25, 0.3) is 11.8 Å². The van der Waals surface area contributed by atoms with Gasteiger partial charge >= 0.3 is 0 Å². The minimum atomic E-state index is -0.364. The summed E-state index contributed by atoms with van der Waals surface area (Å²) in [6.45, 7) is 1.04. The second kappa shape index (κ2) is 11.3. The average Bonchev–Trinajstić information content (AvgIpc) is 2.92. The summed E-state index contributed by atoms with van der Waals surface area (Å²) in [5.74, 6) is 0.634. The number of carbonyl (C=O) groups excluding carboxylic acids is 3. The van der Waals surface area contributed by atoms with Crippen molar-refractivity contribution in [2.75, 3.05) is 26.7 Å². The Morgan fingerprint density at radius 2 is 1.51 bits per heavy atom. The van der Waals surface area contributed by atoms with E-state index in [4.69, 9.17) is 9.47 Å². The summed E-state index contributed by atoms with van der Waals surface area (Å²) in [7, 11) is 1.59. The Morgan fingerprint density at radius 1 is 0.857 bits per heavy atom. The number of nitrogens with zero attached hydrogens (tertiary/aromatic N) is 1. The lowest BCUT2D eigenvalue weighted by molar-refractivity contribution is 0.0593. The highest BCUT2D eigenvalue weighted by atomic mass is 16.5. The number of rotatable bonds is 8. The van der Waals surface area contributed by atoms with E-state index in [1.807, 2.05) is 17.0 Å². The second-order valence-corrected chi connectivity index (χ2v) is 8.31. The van der Waals surface area contributed by atoms with Crippen LogP contribution in [0.15, 0.2) is 78.9 Å². The first kappa shape index (κ1) is 24.0. The molecule has 1 N–H and O–H groups in total. The molecule has 35 heavy (non-hydrogen) atoms. The molecule has 0 unspecified atom stereocenters. The largest absolute Gasteiger partial charge is 0.497 e. The zero-order chi connectivity index (χ0) is 24.6. The molecule has 180 valence electrons. The zero-order valence-electron chi connectivity index (χ0n) is 19.6. The van der Waals surface area contributed by atoms with Crippen LogP contribution in [0.1, 0.15) is 43.9 Å². The van der Waals surface area contributed by atoms with Crippen molar-refractivity contribution in [2.45, 2.75) is 18.9 Å². The maximum Gasteiger partial charge on any atom is 0.255 e. The smallest absolute Gasteiger partial charge is 0.255 e. The molecular formula is C28H28N2O5. The fraction of sp³-hybridized carbons (Fsp3) is 0.250. The molecule has 7 heteroatoms. The van der Waals surface area contributed by atoms with Crippen LogP contribution in [0, 0.1) is 0 Å². The summed E-state index contributed by atoms with van der Waals surface area (Å²) in [5, 5.41) is 2.69. The van der Waals surface area contributed by atoms with E-state index in [1.165, 1.54) is 0 Å². The zero-order valence-corrected chi connectivity index (χ0v) is 19.6. The molecule has 0 bridgehead atoms. The number of ketones is 1. The summed E-state index contributed by atoms with van der Waals surface area (Å²) < 4.78 is 11.3. The van der Waals surface area contributed by atoms with Crippen molar-refractivity contribution in [1.82, 2.24) is 10.2 Å². The lowest BCUT2D eigenvalue weighted by Gasteiger charge is -2.32. The van der Waals surface area contributed by atoms with Crippen LogP contribution in [0.5, 0.6) is 11.5 Å². The van der Waals surface area contributed by atoms with Gasteiger partial charge in [0, 0.05) is 37.1 Å². The van der Waals surface area contributed by atoms with Gasteiger partial charge in [0.1, 0.15) is 17.6 Å². The van der Waals surface area contributed by atoms with Crippen LogP contribution >= 0.6 is 0 Å². The van der Waals surface area contributed by atoms with Gasteiger partial charge in [0.05, 0.1) is 19.2 Å². The van der Waals surface area contributed by atoms with Gasteiger partial charge in [-0.2, -0.15) is 0 Å². The number of carbonyl (C=O) groups is 3. The summed E-state index contributed by atoms with van der Waals surface area (Å²) in [6.07, 6.45) is 1.20. The molecule has 1 saturated heterocycles. The Morgan fingerprint density at radius 3 is 2.20 bits per heavy atom. The van der Waals surface area contributed by atoms with Gasteiger partial charge in [-0.3, -0.25) is 14.4 Å². The van der Waals surface area contributed by atoms with E-state index in [2.05, 4.69) is 5.32 Å². The lowest BCUT2D eigenvalue weighted by atomic mass is 10.1. The number of amides is 2. The molecular weight excluding hydrogens is 444 g/mol. The third-order valence-electron chi connectivity index (χ3n) is 6.00. The van der Waals surface area contributed by atoms with Crippen LogP contribution in [-0.4, -0.2) is 55.3 Å². The van der Waals surface area contributed by atoms with E-state index in [-0.39, 0.29) is 30.2 Å². The molecule has 1 fully saturated rings. The molecule has 0 radical (unpaired) electrons. The first-order chi connectivity index (χ1) is 17.0. The number of hydrogen-bond acceptors (Lipinski definition) is 5. The maximum absolute atomic E-state index is 12.8. The highest BCUT2D eigenvalue weighted by Gasteiger charge is 2.26. The van der Waals surface area contributed by atoms with Gasteiger partial charge in [0.2, 0.25) is 0 Å². The number of Topliss-reactive ketones (excluding diaryl/α,β-unsaturated/α-hetero) is 1. The van der Waals surface area contributed by atoms with Crippen LogP contribution in [0.25, 0.3) is 0 Å². The molecule has 0 aliphatic carbocycles. The van der Waals surface area contributed by atoms with Crippen molar-refractivity contribution in [2.24, 2.45) is 0 Å². The minimum Gasteiger partial charge on any atom is -0.497 e. The second-order valence-electron chi connectivity index (χ2n) is 8.31. The van der Waals surface area contributed by atoms with E-state index in [1.54, 1.807) is 73.8 Å². The summed E-state index contributed by atoms with van der Waals surface area (Å²) in [4.78, 5) is 39.7. The SMILES string of the molecule is COc1ccc(C(=O)N2CCC(Oc3ccccc3C(=O)NCC(=O)c3ccccc3)CC2)cc1. The number of hydrogen-bond donors (Lipinski definition) is 1. The Bertz CT molecular complexity index is 1170. The highest BCUT2D eigenvalue weighted by Crippen LogP contribution is 2.24. The van der Waals surface area contributed by atoms with Gasteiger partial charge in [-0.1, -0.05) is 42.5 Å². The first-order valence-electron chi connectivity index (χ1n) is 11.6. The minimum absolute atomic E-state index is 0.0195. The van der Waals surface area contributed by atoms with Crippen LogP contribution in [-0.2, 0) is 0 Å². The Hall–Kier alpha value is -4.13. The van der Waals surface area contributed by atoms with Crippen molar-refractivity contribution < 1.29 is 23.9 Å². The van der Waals surface area contributed by atoms with Gasteiger partial charge in [-0.05, 0) is 36.4 Å². The predicted molar refractivity (Wildman–Crippen MR) is 132 cm³/mol. The summed E-state index contributed by atoms with van der Waals surface area (Å²) >= 11 is 0. The molecule has 0 aromatic heterocycles. The van der Waals surface area contributed by atoms with Crippen molar-refractivity contribution in [3.63, 3.8) is 0 Å². The van der Waals surface area contributed by atoms with Crippen LogP contribution in [0.4, 0.5) is 0 Å². The molecule has 1 aliphatic rings. The molecule has 2 amide bonds. The Balaban J connectivity index is 1.32.